The van der Waals surface area contributed by atoms with Crippen molar-refractivity contribution >= 4 is 27.8 Å². The molecule has 1 atom stereocenters. The van der Waals surface area contributed by atoms with Crippen LogP contribution in [0.1, 0.15) is 31.7 Å². The fourth-order valence-corrected chi connectivity index (χ4v) is 4.16. The smallest absolute Gasteiger partial charge is 0.218 e. The third kappa shape index (κ3) is 4.26. The summed E-state index contributed by atoms with van der Waals surface area (Å²) >= 11 is 0. The van der Waals surface area contributed by atoms with Gasteiger partial charge in [-0.2, -0.15) is 0 Å². The molecule has 1 unspecified atom stereocenters. The third-order valence-electron chi connectivity index (χ3n) is 4.39. The first kappa shape index (κ1) is 19.3. The van der Waals surface area contributed by atoms with Gasteiger partial charge in [-0.25, -0.2) is 13.3 Å². The molecule has 1 aromatic heterocycles. The minimum Gasteiger partial charge on any atom is -0.370 e. The van der Waals surface area contributed by atoms with E-state index in [0.29, 0.717) is 4.90 Å². The third-order valence-corrected chi connectivity index (χ3v) is 5.63. The Labute approximate surface area is 159 Å². The SMILES string of the molecule is CC(C)c1cc(-c2c[nH]c3cc(F)ccc23)ccc1S(=O)NCCC(N)=O. The van der Waals surface area contributed by atoms with Crippen LogP contribution in [-0.4, -0.2) is 21.6 Å². The molecular weight excluding hydrogens is 365 g/mol. The minimum absolute atomic E-state index is 0.132. The van der Waals surface area contributed by atoms with Crippen LogP contribution in [-0.2, 0) is 15.8 Å². The van der Waals surface area contributed by atoms with Crippen LogP contribution >= 0.6 is 0 Å². The minimum atomic E-state index is -1.43. The highest BCUT2D eigenvalue weighted by molar-refractivity contribution is 7.83. The zero-order valence-corrected chi connectivity index (χ0v) is 16.0. The number of fused-ring (bicyclic) bond motifs is 1. The summed E-state index contributed by atoms with van der Waals surface area (Å²) in [4.78, 5) is 14.6. The summed E-state index contributed by atoms with van der Waals surface area (Å²) in [6.07, 6.45) is 1.98. The normalized spacial score (nSPS) is 12.6. The molecule has 1 heterocycles. The zero-order valence-electron chi connectivity index (χ0n) is 15.2. The first-order chi connectivity index (χ1) is 12.9. The number of aromatic nitrogens is 1. The van der Waals surface area contributed by atoms with E-state index in [1.807, 2.05) is 38.2 Å². The second kappa shape index (κ2) is 8.02. The summed E-state index contributed by atoms with van der Waals surface area (Å²) in [5.74, 6) is -0.564. The van der Waals surface area contributed by atoms with Crippen LogP contribution in [0.4, 0.5) is 4.39 Å². The van der Waals surface area contributed by atoms with Gasteiger partial charge in [0, 0.05) is 35.6 Å². The lowest BCUT2D eigenvalue weighted by atomic mass is 9.97. The van der Waals surface area contributed by atoms with Gasteiger partial charge in [-0.15, -0.1) is 0 Å². The molecule has 0 aliphatic heterocycles. The molecule has 4 N–H and O–H groups in total. The van der Waals surface area contributed by atoms with E-state index in [-0.39, 0.29) is 24.7 Å². The van der Waals surface area contributed by atoms with Gasteiger partial charge in [-0.1, -0.05) is 19.9 Å². The molecule has 0 saturated carbocycles. The second-order valence-corrected chi connectivity index (χ2v) is 7.94. The van der Waals surface area contributed by atoms with Crippen molar-refractivity contribution < 1.29 is 13.4 Å². The van der Waals surface area contributed by atoms with Gasteiger partial charge in [0.2, 0.25) is 5.91 Å². The highest BCUT2D eigenvalue weighted by atomic mass is 32.2. The average Bonchev–Trinajstić information content (AvgIpc) is 3.03. The Morgan fingerprint density at radius 2 is 2.04 bits per heavy atom. The molecule has 0 aliphatic rings. The molecule has 3 aromatic rings. The number of hydrogen-bond acceptors (Lipinski definition) is 2. The van der Waals surface area contributed by atoms with Gasteiger partial charge >= 0.3 is 0 Å². The number of benzene rings is 2. The van der Waals surface area contributed by atoms with Crippen LogP contribution < -0.4 is 10.5 Å². The van der Waals surface area contributed by atoms with Gasteiger partial charge in [0.1, 0.15) is 16.8 Å². The Kier molecular flexibility index (Phi) is 5.72. The topological polar surface area (TPSA) is 88.0 Å². The highest BCUT2D eigenvalue weighted by Crippen LogP contribution is 2.33. The standard InChI is InChI=1S/C20H22FN3O2S/c1-12(2)16-9-13(3-6-19(16)27(26)24-8-7-20(22)25)17-11-23-18-10-14(21)4-5-15(17)18/h3-6,9-12,23-24H,7-8H2,1-2H3,(H2,22,25). The van der Waals surface area contributed by atoms with Crippen LogP contribution in [0.25, 0.3) is 22.0 Å². The fraction of sp³-hybridized carbons (Fsp3) is 0.250. The summed E-state index contributed by atoms with van der Waals surface area (Å²) in [5, 5.41) is 0.930. The number of aromatic amines is 1. The fourth-order valence-electron chi connectivity index (χ4n) is 3.02. The Morgan fingerprint density at radius 3 is 2.74 bits per heavy atom. The van der Waals surface area contributed by atoms with E-state index < -0.39 is 16.9 Å². The number of carbonyl (C=O) groups is 1. The largest absolute Gasteiger partial charge is 0.370 e. The van der Waals surface area contributed by atoms with Crippen molar-refractivity contribution in [2.75, 3.05) is 6.54 Å². The van der Waals surface area contributed by atoms with Gasteiger partial charge in [0.05, 0.1) is 4.90 Å². The van der Waals surface area contributed by atoms with Crippen LogP contribution in [0.15, 0.2) is 47.5 Å². The van der Waals surface area contributed by atoms with Crippen molar-refractivity contribution in [3.8, 4) is 11.1 Å². The molecule has 0 spiro atoms. The van der Waals surface area contributed by atoms with Crippen molar-refractivity contribution in [1.82, 2.24) is 9.71 Å². The highest BCUT2D eigenvalue weighted by Gasteiger charge is 2.16. The average molecular weight is 387 g/mol. The number of hydrogen-bond donors (Lipinski definition) is 3. The van der Waals surface area contributed by atoms with E-state index in [0.717, 1.165) is 27.6 Å². The molecule has 0 saturated heterocycles. The molecule has 0 fully saturated rings. The molecule has 7 heteroatoms. The Morgan fingerprint density at radius 1 is 1.26 bits per heavy atom. The number of primary amides is 1. The van der Waals surface area contributed by atoms with Gasteiger partial charge in [-0.05, 0) is 47.4 Å². The van der Waals surface area contributed by atoms with E-state index in [2.05, 4.69) is 9.71 Å². The van der Waals surface area contributed by atoms with Crippen molar-refractivity contribution in [1.29, 1.82) is 0 Å². The summed E-state index contributed by atoms with van der Waals surface area (Å²) in [5.41, 5.74) is 8.74. The van der Waals surface area contributed by atoms with Gasteiger partial charge < -0.3 is 10.7 Å². The Bertz CT molecular complexity index is 1010. The second-order valence-electron chi connectivity index (χ2n) is 6.68. The molecule has 0 radical (unpaired) electrons. The van der Waals surface area contributed by atoms with Gasteiger partial charge in [-0.3, -0.25) is 4.79 Å². The van der Waals surface area contributed by atoms with Gasteiger partial charge in [0.25, 0.3) is 0 Å². The number of nitrogens with two attached hydrogens (primary N) is 1. The van der Waals surface area contributed by atoms with Crippen LogP contribution in [0.5, 0.6) is 0 Å². The maximum atomic E-state index is 13.4. The van der Waals surface area contributed by atoms with Crippen molar-refractivity contribution in [3.63, 3.8) is 0 Å². The van der Waals surface area contributed by atoms with Crippen LogP contribution in [0.2, 0.25) is 0 Å². The summed E-state index contributed by atoms with van der Waals surface area (Å²) < 4.78 is 28.9. The summed E-state index contributed by atoms with van der Waals surface area (Å²) in [6.45, 7) is 4.33. The maximum absolute atomic E-state index is 13.4. The quantitative estimate of drug-likeness (QED) is 0.578. The summed E-state index contributed by atoms with van der Waals surface area (Å²) in [6, 6.07) is 10.4. The number of H-pyrrole nitrogens is 1. The zero-order chi connectivity index (χ0) is 19.6. The van der Waals surface area contributed by atoms with E-state index in [4.69, 9.17) is 5.73 Å². The van der Waals surface area contributed by atoms with Crippen molar-refractivity contribution in [3.05, 3.63) is 54.0 Å². The number of carbonyl (C=O) groups excluding carboxylic acids is 1. The maximum Gasteiger partial charge on any atom is 0.218 e. The van der Waals surface area contributed by atoms with Crippen molar-refractivity contribution in [2.45, 2.75) is 31.1 Å². The lowest BCUT2D eigenvalue weighted by Gasteiger charge is -2.15. The molecule has 3 rings (SSSR count). The first-order valence-electron chi connectivity index (χ1n) is 8.71. The molecular formula is C20H22FN3O2S. The van der Waals surface area contributed by atoms with E-state index in [1.165, 1.54) is 12.1 Å². The van der Waals surface area contributed by atoms with Gasteiger partial charge in [0.15, 0.2) is 0 Å². The lowest BCUT2D eigenvalue weighted by molar-refractivity contribution is -0.117. The number of halogens is 1. The van der Waals surface area contributed by atoms with Crippen molar-refractivity contribution in [2.24, 2.45) is 5.73 Å². The van der Waals surface area contributed by atoms with Crippen LogP contribution in [0.3, 0.4) is 0 Å². The molecule has 142 valence electrons. The molecule has 2 aromatic carbocycles. The number of rotatable bonds is 7. The lowest BCUT2D eigenvalue weighted by Crippen LogP contribution is -2.24. The number of amides is 1. The molecule has 27 heavy (non-hydrogen) atoms. The molecule has 5 nitrogen and oxygen atoms in total. The van der Waals surface area contributed by atoms with Crippen LogP contribution in [0, 0.1) is 5.82 Å². The van der Waals surface area contributed by atoms with E-state index in [1.54, 1.807) is 6.07 Å². The Hall–Kier alpha value is -2.51. The predicted molar refractivity (Wildman–Crippen MR) is 106 cm³/mol. The predicted octanol–water partition coefficient (Wildman–Crippen LogP) is 3.59. The summed E-state index contributed by atoms with van der Waals surface area (Å²) in [7, 11) is -1.43. The molecule has 1 amide bonds. The monoisotopic (exact) mass is 387 g/mol. The molecule has 0 aliphatic carbocycles. The molecule has 0 bridgehead atoms. The first-order valence-corrected chi connectivity index (χ1v) is 9.86. The number of nitrogens with one attached hydrogen (secondary N) is 2. The van der Waals surface area contributed by atoms with E-state index >= 15 is 0 Å². The van der Waals surface area contributed by atoms with E-state index in [9.17, 15) is 13.4 Å². The Balaban J connectivity index is 1.95.